The summed E-state index contributed by atoms with van der Waals surface area (Å²) in [4.78, 5) is 28.8. The van der Waals surface area contributed by atoms with Crippen LogP contribution >= 0.6 is 0 Å². The molecule has 0 radical (unpaired) electrons. The topological polar surface area (TPSA) is 49.9 Å². The highest BCUT2D eigenvalue weighted by molar-refractivity contribution is 5.86. The Hall–Kier alpha value is -2.11. The number of rotatable bonds is 4. The molecule has 1 aromatic rings. The fourth-order valence-corrected chi connectivity index (χ4v) is 3.14. The van der Waals surface area contributed by atoms with Crippen molar-refractivity contribution >= 4 is 12.0 Å². The van der Waals surface area contributed by atoms with E-state index in [0.717, 1.165) is 18.4 Å². The van der Waals surface area contributed by atoms with Gasteiger partial charge in [-0.05, 0) is 64.7 Å². The second-order valence-corrected chi connectivity index (χ2v) is 7.67. The van der Waals surface area contributed by atoms with E-state index in [-0.39, 0.29) is 11.7 Å². The summed E-state index contributed by atoms with van der Waals surface area (Å²) in [5, 5.41) is 0. The van der Waals surface area contributed by atoms with Gasteiger partial charge in [-0.3, -0.25) is 9.69 Å². The highest BCUT2D eigenvalue weighted by Gasteiger charge is 2.36. The normalized spacial score (nSPS) is 17.7. The minimum Gasteiger partial charge on any atom is -0.444 e. The average molecular weight is 364 g/mol. The summed E-state index contributed by atoms with van der Waals surface area (Å²) in [6.07, 6.45) is 1.93. The molecule has 2 rings (SSSR count). The van der Waals surface area contributed by atoms with E-state index in [1.165, 1.54) is 12.1 Å². The number of hydrogen-bond donors (Lipinski definition) is 0. The Morgan fingerprint density at radius 2 is 2.04 bits per heavy atom. The lowest BCUT2D eigenvalue weighted by atomic mass is 10.0. The number of likely N-dealkylation sites (N-methyl/N-ethyl adjacent to an activating group) is 1. The van der Waals surface area contributed by atoms with Gasteiger partial charge in [-0.15, -0.1) is 0 Å². The molecule has 0 aliphatic carbocycles. The molecule has 1 atom stereocenters. The second kappa shape index (κ2) is 8.52. The lowest BCUT2D eigenvalue weighted by Crippen LogP contribution is -2.53. The predicted molar refractivity (Wildman–Crippen MR) is 98.1 cm³/mol. The molecule has 1 heterocycles. The Bertz CT molecular complexity index is 642. The van der Waals surface area contributed by atoms with Gasteiger partial charge in [-0.2, -0.15) is 0 Å². The summed E-state index contributed by atoms with van der Waals surface area (Å²) in [6, 6.07) is 5.73. The number of amides is 2. The van der Waals surface area contributed by atoms with Crippen molar-refractivity contribution in [2.75, 3.05) is 13.1 Å². The first kappa shape index (κ1) is 20.2. The maximum atomic E-state index is 13.4. The number of nitrogens with zero attached hydrogens (tertiary/aromatic N) is 2. The van der Waals surface area contributed by atoms with Crippen LogP contribution in [0.4, 0.5) is 9.18 Å². The number of carbonyl (C=O) groups is 2. The maximum absolute atomic E-state index is 13.4. The van der Waals surface area contributed by atoms with Crippen LogP contribution in [0, 0.1) is 5.82 Å². The van der Waals surface area contributed by atoms with Crippen molar-refractivity contribution in [3.05, 3.63) is 35.6 Å². The molecule has 0 bridgehead atoms. The highest BCUT2D eigenvalue weighted by atomic mass is 19.1. The third-order valence-corrected chi connectivity index (χ3v) is 4.37. The van der Waals surface area contributed by atoms with Crippen molar-refractivity contribution in [1.82, 2.24) is 9.80 Å². The molecule has 5 nitrogen and oxygen atoms in total. The molecule has 1 fully saturated rings. The maximum Gasteiger partial charge on any atom is 0.410 e. The number of benzene rings is 1. The molecule has 0 aromatic heterocycles. The third-order valence-electron chi connectivity index (χ3n) is 4.37. The molecule has 144 valence electrons. The summed E-state index contributed by atoms with van der Waals surface area (Å²) in [5.41, 5.74) is 0.133. The van der Waals surface area contributed by atoms with Gasteiger partial charge in [0.2, 0.25) is 5.91 Å². The van der Waals surface area contributed by atoms with Gasteiger partial charge >= 0.3 is 6.09 Å². The fourth-order valence-electron chi connectivity index (χ4n) is 3.14. The van der Waals surface area contributed by atoms with Gasteiger partial charge in [-0.25, -0.2) is 9.18 Å². The zero-order valence-electron chi connectivity index (χ0n) is 16.1. The fraction of sp³-hybridized carbons (Fsp3) is 0.600. The van der Waals surface area contributed by atoms with Crippen LogP contribution in [0.5, 0.6) is 0 Å². The van der Waals surface area contributed by atoms with Gasteiger partial charge in [0.05, 0.1) is 0 Å². The number of carbonyl (C=O) groups excluding carboxylic acids is 2. The monoisotopic (exact) mass is 364 g/mol. The van der Waals surface area contributed by atoms with Gasteiger partial charge in [0.1, 0.15) is 17.5 Å². The smallest absolute Gasteiger partial charge is 0.410 e. The molecule has 6 heteroatoms. The lowest BCUT2D eigenvalue weighted by molar-refractivity contribution is -0.138. The van der Waals surface area contributed by atoms with E-state index in [9.17, 15) is 14.0 Å². The van der Waals surface area contributed by atoms with Crippen molar-refractivity contribution in [1.29, 1.82) is 0 Å². The van der Waals surface area contributed by atoms with Crippen LogP contribution in [0.3, 0.4) is 0 Å². The molecular weight excluding hydrogens is 335 g/mol. The molecule has 1 saturated heterocycles. The second-order valence-electron chi connectivity index (χ2n) is 7.67. The van der Waals surface area contributed by atoms with Gasteiger partial charge in [0, 0.05) is 19.6 Å². The van der Waals surface area contributed by atoms with Crippen LogP contribution in [0.1, 0.15) is 52.5 Å². The quantitative estimate of drug-likeness (QED) is 0.812. The van der Waals surface area contributed by atoms with Gasteiger partial charge in [0.15, 0.2) is 0 Å². The van der Waals surface area contributed by atoms with E-state index in [2.05, 4.69) is 0 Å². The van der Waals surface area contributed by atoms with Gasteiger partial charge in [0.25, 0.3) is 0 Å². The lowest BCUT2D eigenvalue weighted by Gasteiger charge is -2.38. The summed E-state index contributed by atoms with van der Waals surface area (Å²) >= 11 is 0. The van der Waals surface area contributed by atoms with E-state index in [4.69, 9.17) is 4.74 Å². The molecule has 1 aliphatic heterocycles. The molecular formula is C20H29FN2O3. The Morgan fingerprint density at radius 3 is 2.65 bits per heavy atom. The van der Waals surface area contributed by atoms with Gasteiger partial charge in [-0.1, -0.05) is 12.1 Å². The van der Waals surface area contributed by atoms with Crippen LogP contribution < -0.4 is 0 Å². The Kier molecular flexibility index (Phi) is 6.62. The van der Waals surface area contributed by atoms with Crippen molar-refractivity contribution in [2.45, 2.75) is 65.1 Å². The van der Waals surface area contributed by atoms with Crippen molar-refractivity contribution in [3.63, 3.8) is 0 Å². The Morgan fingerprint density at radius 1 is 1.31 bits per heavy atom. The van der Waals surface area contributed by atoms with E-state index in [1.54, 1.807) is 21.9 Å². The molecule has 1 aromatic carbocycles. The average Bonchev–Trinajstić information content (AvgIpc) is 2.57. The molecule has 0 N–H and O–H groups in total. The third kappa shape index (κ3) is 5.44. The zero-order valence-corrected chi connectivity index (χ0v) is 16.1. The number of hydrogen-bond acceptors (Lipinski definition) is 3. The van der Waals surface area contributed by atoms with Crippen LogP contribution in [0.25, 0.3) is 0 Å². The van der Waals surface area contributed by atoms with Crippen LogP contribution in [0.15, 0.2) is 24.3 Å². The number of likely N-dealkylation sites (tertiary alicyclic amines) is 1. The number of piperidine rings is 1. The summed E-state index contributed by atoms with van der Waals surface area (Å²) in [7, 11) is 0. The molecule has 0 saturated carbocycles. The van der Waals surface area contributed by atoms with E-state index in [0.29, 0.717) is 26.1 Å². The first-order valence-electron chi connectivity index (χ1n) is 9.24. The largest absolute Gasteiger partial charge is 0.444 e. The summed E-state index contributed by atoms with van der Waals surface area (Å²) in [5.74, 6) is -0.429. The van der Waals surface area contributed by atoms with Crippen molar-refractivity contribution in [2.24, 2.45) is 0 Å². The summed E-state index contributed by atoms with van der Waals surface area (Å²) in [6.45, 7) is 8.66. The number of halogens is 1. The molecule has 0 spiro atoms. The van der Waals surface area contributed by atoms with Crippen LogP contribution in [-0.2, 0) is 16.1 Å². The molecule has 1 aliphatic rings. The first-order chi connectivity index (χ1) is 12.2. The Labute approximate surface area is 155 Å². The molecule has 2 amide bonds. The van der Waals surface area contributed by atoms with Crippen molar-refractivity contribution in [3.8, 4) is 0 Å². The van der Waals surface area contributed by atoms with E-state index < -0.39 is 17.7 Å². The molecule has 26 heavy (non-hydrogen) atoms. The highest BCUT2D eigenvalue weighted by Crippen LogP contribution is 2.23. The van der Waals surface area contributed by atoms with E-state index in [1.807, 2.05) is 27.7 Å². The molecule has 1 unspecified atom stereocenters. The zero-order chi connectivity index (χ0) is 19.3. The summed E-state index contributed by atoms with van der Waals surface area (Å²) < 4.78 is 18.9. The predicted octanol–water partition coefficient (Wildman–Crippen LogP) is 3.96. The standard InChI is InChI=1S/C20H29FN2O3/c1-5-22(14-15-9-8-10-16(21)13-15)18(24)17-11-6-7-12-23(17)19(25)26-20(2,3)4/h8-10,13,17H,5-7,11-12,14H2,1-4H3. The van der Waals surface area contributed by atoms with Crippen LogP contribution in [-0.4, -0.2) is 46.5 Å². The minimum absolute atomic E-state index is 0.109. The van der Waals surface area contributed by atoms with E-state index >= 15 is 0 Å². The SMILES string of the molecule is CCN(Cc1cccc(F)c1)C(=O)C1CCCCN1C(=O)OC(C)(C)C. The minimum atomic E-state index is -0.603. The van der Waals surface area contributed by atoms with Crippen LogP contribution in [0.2, 0.25) is 0 Å². The Balaban J connectivity index is 2.13. The van der Waals surface area contributed by atoms with Gasteiger partial charge < -0.3 is 9.64 Å². The first-order valence-corrected chi connectivity index (χ1v) is 9.24. The number of ether oxygens (including phenoxy) is 1. The van der Waals surface area contributed by atoms with Crippen molar-refractivity contribution < 1.29 is 18.7 Å².